The van der Waals surface area contributed by atoms with Crippen LogP contribution in [-0.2, 0) is 4.79 Å². The summed E-state index contributed by atoms with van der Waals surface area (Å²) in [6.45, 7) is 3.84. The number of primary amides is 1. The summed E-state index contributed by atoms with van der Waals surface area (Å²) in [6, 6.07) is 11.1. The zero-order chi connectivity index (χ0) is 14.7. The second kappa shape index (κ2) is 5.74. The first-order valence-corrected chi connectivity index (χ1v) is 6.36. The molecule has 0 aliphatic carbocycles. The van der Waals surface area contributed by atoms with E-state index in [-0.39, 0.29) is 5.82 Å². The maximum Gasteiger partial charge on any atom is 0.244 e. The van der Waals surface area contributed by atoms with Gasteiger partial charge in [0.1, 0.15) is 11.9 Å². The number of carbonyl (C=O) groups excluding carboxylic acids is 1. The van der Waals surface area contributed by atoms with E-state index >= 15 is 0 Å². The molecule has 4 heteroatoms. The molecular formula is C16H17FN2O. The molecule has 0 fully saturated rings. The Morgan fingerprint density at radius 1 is 1.15 bits per heavy atom. The van der Waals surface area contributed by atoms with Crippen molar-refractivity contribution in [1.82, 2.24) is 0 Å². The number of hydrogen-bond acceptors (Lipinski definition) is 2. The number of halogens is 1. The lowest BCUT2D eigenvalue weighted by Crippen LogP contribution is -2.29. The molecular weight excluding hydrogens is 255 g/mol. The Labute approximate surface area is 117 Å². The molecule has 20 heavy (non-hydrogen) atoms. The van der Waals surface area contributed by atoms with Crippen molar-refractivity contribution >= 4 is 11.6 Å². The van der Waals surface area contributed by atoms with Crippen LogP contribution in [-0.4, -0.2) is 5.91 Å². The van der Waals surface area contributed by atoms with E-state index in [1.54, 1.807) is 12.1 Å². The van der Waals surface area contributed by atoms with E-state index in [1.165, 1.54) is 12.1 Å². The molecule has 0 saturated heterocycles. The first kappa shape index (κ1) is 14.1. The third-order valence-electron chi connectivity index (χ3n) is 3.25. The fraction of sp³-hybridized carbons (Fsp3) is 0.188. The smallest absolute Gasteiger partial charge is 0.244 e. The normalized spacial score (nSPS) is 11.9. The second-order valence-electron chi connectivity index (χ2n) is 4.80. The molecule has 0 aromatic heterocycles. The van der Waals surface area contributed by atoms with Gasteiger partial charge in [-0.3, -0.25) is 4.79 Å². The summed E-state index contributed by atoms with van der Waals surface area (Å²) in [7, 11) is 0. The van der Waals surface area contributed by atoms with Crippen LogP contribution in [0.15, 0.2) is 42.5 Å². The van der Waals surface area contributed by atoms with Crippen LogP contribution in [0.3, 0.4) is 0 Å². The molecule has 0 bridgehead atoms. The van der Waals surface area contributed by atoms with Crippen molar-refractivity contribution < 1.29 is 9.18 Å². The molecule has 0 spiro atoms. The summed E-state index contributed by atoms with van der Waals surface area (Å²) < 4.78 is 13.2. The molecule has 3 N–H and O–H groups in total. The van der Waals surface area contributed by atoms with Crippen molar-refractivity contribution in [2.75, 3.05) is 5.32 Å². The third-order valence-corrected chi connectivity index (χ3v) is 3.25. The van der Waals surface area contributed by atoms with Crippen LogP contribution in [0.1, 0.15) is 22.7 Å². The number of hydrogen-bond donors (Lipinski definition) is 2. The summed E-state index contributed by atoms with van der Waals surface area (Å²) >= 11 is 0. The van der Waals surface area contributed by atoms with E-state index in [1.807, 2.05) is 32.0 Å². The molecule has 1 unspecified atom stereocenters. The molecule has 0 radical (unpaired) electrons. The van der Waals surface area contributed by atoms with Gasteiger partial charge in [-0.05, 0) is 48.7 Å². The monoisotopic (exact) mass is 272 g/mol. The third kappa shape index (κ3) is 2.96. The van der Waals surface area contributed by atoms with Gasteiger partial charge in [0.2, 0.25) is 5.91 Å². The van der Waals surface area contributed by atoms with Gasteiger partial charge in [0.05, 0.1) is 0 Å². The molecule has 2 aromatic rings. The van der Waals surface area contributed by atoms with E-state index in [4.69, 9.17) is 5.73 Å². The first-order valence-electron chi connectivity index (χ1n) is 6.36. The van der Waals surface area contributed by atoms with E-state index in [0.29, 0.717) is 5.69 Å². The van der Waals surface area contributed by atoms with Gasteiger partial charge in [-0.2, -0.15) is 0 Å². The van der Waals surface area contributed by atoms with Crippen molar-refractivity contribution in [3.63, 3.8) is 0 Å². The van der Waals surface area contributed by atoms with Gasteiger partial charge in [0.25, 0.3) is 0 Å². The van der Waals surface area contributed by atoms with Crippen LogP contribution in [0, 0.1) is 19.7 Å². The highest BCUT2D eigenvalue weighted by Crippen LogP contribution is 2.25. The summed E-state index contributed by atoms with van der Waals surface area (Å²) in [4.78, 5) is 11.8. The number of amides is 1. The molecule has 3 nitrogen and oxygen atoms in total. The molecule has 2 rings (SSSR count). The minimum atomic E-state index is -0.682. The van der Waals surface area contributed by atoms with Crippen LogP contribution < -0.4 is 11.1 Å². The van der Waals surface area contributed by atoms with Crippen molar-refractivity contribution in [1.29, 1.82) is 0 Å². The van der Waals surface area contributed by atoms with Crippen LogP contribution in [0.4, 0.5) is 10.1 Å². The predicted octanol–water partition coefficient (Wildman–Crippen LogP) is 3.08. The Kier molecular flexibility index (Phi) is 4.03. The van der Waals surface area contributed by atoms with Crippen LogP contribution >= 0.6 is 0 Å². The number of nitrogens with two attached hydrogens (primary N) is 1. The van der Waals surface area contributed by atoms with Crippen LogP contribution in [0.5, 0.6) is 0 Å². The number of carbonyl (C=O) groups is 1. The topological polar surface area (TPSA) is 55.1 Å². The van der Waals surface area contributed by atoms with Crippen molar-refractivity contribution in [2.45, 2.75) is 19.9 Å². The Morgan fingerprint density at radius 3 is 2.30 bits per heavy atom. The molecule has 0 aliphatic rings. The minimum Gasteiger partial charge on any atom is -0.370 e. The predicted molar refractivity (Wildman–Crippen MR) is 77.9 cm³/mol. The van der Waals surface area contributed by atoms with Gasteiger partial charge in [-0.15, -0.1) is 0 Å². The van der Waals surface area contributed by atoms with Crippen LogP contribution in [0.25, 0.3) is 0 Å². The maximum absolute atomic E-state index is 13.2. The molecule has 0 heterocycles. The number of benzene rings is 2. The summed E-state index contributed by atoms with van der Waals surface area (Å²) in [5.41, 5.74) is 8.80. The van der Waals surface area contributed by atoms with E-state index in [2.05, 4.69) is 5.32 Å². The zero-order valence-corrected chi connectivity index (χ0v) is 11.5. The summed E-state index contributed by atoms with van der Waals surface area (Å²) in [5.74, 6) is -0.855. The fourth-order valence-electron chi connectivity index (χ4n) is 2.31. The molecule has 0 aliphatic heterocycles. The van der Waals surface area contributed by atoms with E-state index in [0.717, 1.165) is 16.7 Å². The van der Waals surface area contributed by atoms with Gasteiger partial charge >= 0.3 is 0 Å². The lowest BCUT2D eigenvalue weighted by atomic mass is 9.95. The summed E-state index contributed by atoms with van der Waals surface area (Å²) in [5, 5.41) is 3.00. The Bertz CT molecular complexity index is 620. The van der Waals surface area contributed by atoms with Crippen molar-refractivity contribution in [2.24, 2.45) is 5.73 Å². The zero-order valence-electron chi connectivity index (χ0n) is 11.5. The Morgan fingerprint density at radius 2 is 1.75 bits per heavy atom. The SMILES string of the molecule is Cc1cccc(C)c1C(Nc1cccc(F)c1)C(N)=O. The summed E-state index contributed by atoms with van der Waals surface area (Å²) in [6.07, 6.45) is 0. The minimum absolute atomic E-state index is 0.361. The standard InChI is InChI=1S/C16H17FN2O/c1-10-5-3-6-11(2)14(10)15(16(18)20)19-13-8-4-7-12(17)9-13/h3-9,15,19H,1-2H3,(H2,18,20). The highest BCUT2D eigenvalue weighted by Gasteiger charge is 2.21. The Hall–Kier alpha value is -2.36. The maximum atomic E-state index is 13.2. The van der Waals surface area contributed by atoms with Crippen molar-refractivity contribution in [3.8, 4) is 0 Å². The number of nitrogens with one attached hydrogen (secondary N) is 1. The van der Waals surface area contributed by atoms with E-state index < -0.39 is 11.9 Å². The second-order valence-corrected chi connectivity index (χ2v) is 4.80. The average Bonchev–Trinajstić information content (AvgIpc) is 2.37. The van der Waals surface area contributed by atoms with Gasteiger partial charge in [-0.25, -0.2) is 4.39 Å². The van der Waals surface area contributed by atoms with Gasteiger partial charge in [-0.1, -0.05) is 24.3 Å². The lowest BCUT2D eigenvalue weighted by Gasteiger charge is -2.21. The van der Waals surface area contributed by atoms with Crippen LogP contribution in [0.2, 0.25) is 0 Å². The largest absolute Gasteiger partial charge is 0.370 e. The first-order chi connectivity index (χ1) is 9.49. The number of rotatable bonds is 4. The van der Waals surface area contributed by atoms with Gasteiger partial charge in [0.15, 0.2) is 0 Å². The highest BCUT2D eigenvalue weighted by atomic mass is 19.1. The number of anilines is 1. The van der Waals surface area contributed by atoms with Crippen molar-refractivity contribution in [3.05, 3.63) is 65.0 Å². The van der Waals surface area contributed by atoms with Gasteiger partial charge < -0.3 is 11.1 Å². The quantitative estimate of drug-likeness (QED) is 0.898. The highest BCUT2D eigenvalue weighted by molar-refractivity contribution is 5.85. The molecule has 104 valence electrons. The molecule has 2 aromatic carbocycles. The molecule has 1 amide bonds. The lowest BCUT2D eigenvalue weighted by molar-refractivity contribution is -0.118. The molecule has 0 saturated carbocycles. The number of aryl methyl sites for hydroxylation is 2. The fourth-order valence-corrected chi connectivity index (χ4v) is 2.31. The van der Waals surface area contributed by atoms with Gasteiger partial charge in [0, 0.05) is 5.69 Å². The average molecular weight is 272 g/mol. The molecule has 1 atom stereocenters. The van der Waals surface area contributed by atoms with E-state index in [9.17, 15) is 9.18 Å². The Balaban J connectivity index is 2.40.